The second-order valence-electron chi connectivity index (χ2n) is 5.96. The fourth-order valence-corrected chi connectivity index (χ4v) is 2.53. The van der Waals surface area contributed by atoms with Crippen molar-refractivity contribution in [1.82, 2.24) is 5.43 Å². The quantitative estimate of drug-likeness (QED) is 0.471. The number of nitrogens with zero attached hydrogens (tertiary/aromatic N) is 1. The third kappa shape index (κ3) is 5.02. The van der Waals surface area contributed by atoms with Crippen LogP contribution in [0.5, 0.6) is 0 Å². The first-order chi connectivity index (χ1) is 12.5. The van der Waals surface area contributed by atoms with Crippen LogP contribution in [0.25, 0.3) is 0 Å². The van der Waals surface area contributed by atoms with Crippen LogP contribution in [-0.4, -0.2) is 24.2 Å². The predicted molar refractivity (Wildman–Crippen MR) is 102 cm³/mol. The van der Waals surface area contributed by atoms with Crippen LogP contribution in [0.2, 0.25) is 0 Å². The van der Waals surface area contributed by atoms with Gasteiger partial charge < -0.3 is 4.74 Å². The molecule has 2 rings (SSSR count). The predicted octanol–water partition coefficient (Wildman–Crippen LogP) is 3.51. The first-order valence-corrected chi connectivity index (χ1v) is 8.65. The summed E-state index contributed by atoms with van der Waals surface area (Å²) in [7, 11) is 0. The van der Waals surface area contributed by atoms with Gasteiger partial charge in [0.1, 0.15) is 0 Å². The minimum Gasteiger partial charge on any atom is -0.465 e. The van der Waals surface area contributed by atoms with Crippen LogP contribution >= 0.6 is 0 Å². The number of esters is 1. The van der Waals surface area contributed by atoms with Crippen molar-refractivity contribution in [1.29, 1.82) is 0 Å². The Morgan fingerprint density at radius 2 is 1.50 bits per heavy atom. The maximum Gasteiger partial charge on any atom is 0.314 e. The molecule has 1 atom stereocenters. The molecular weight excluding hydrogens is 328 g/mol. The SMILES string of the molecule is CCOC(=O)[C@@H](C)C(C)=NNC(=O)C(c1ccccc1)c1ccccc1. The third-order valence-corrected chi connectivity index (χ3v) is 4.14. The van der Waals surface area contributed by atoms with Gasteiger partial charge in [0.2, 0.25) is 0 Å². The Balaban J connectivity index is 2.20. The molecule has 5 nitrogen and oxygen atoms in total. The van der Waals surface area contributed by atoms with Gasteiger partial charge in [0, 0.05) is 5.71 Å². The van der Waals surface area contributed by atoms with Gasteiger partial charge in [0.25, 0.3) is 5.91 Å². The van der Waals surface area contributed by atoms with Crippen LogP contribution in [-0.2, 0) is 14.3 Å². The number of carbonyl (C=O) groups is 2. The molecule has 1 N–H and O–H groups in total. The normalized spacial score (nSPS) is 12.5. The lowest BCUT2D eigenvalue weighted by atomic mass is 9.91. The van der Waals surface area contributed by atoms with E-state index < -0.39 is 11.8 Å². The molecule has 0 bridgehead atoms. The van der Waals surface area contributed by atoms with E-state index in [0.717, 1.165) is 11.1 Å². The van der Waals surface area contributed by atoms with Gasteiger partial charge in [-0.25, -0.2) is 5.43 Å². The Bertz CT molecular complexity index is 718. The third-order valence-electron chi connectivity index (χ3n) is 4.14. The summed E-state index contributed by atoms with van der Waals surface area (Å²) in [5.41, 5.74) is 4.85. The van der Waals surface area contributed by atoms with Crippen molar-refractivity contribution in [2.45, 2.75) is 26.7 Å². The minimum absolute atomic E-state index is 0.252. The number of nitrogens with one attached hydrogen (secondary N) is 1. The van der Waals surface area contributed by atoms with E-state index in [4.69, 9.17) is 4.74 Å². The Morgan fingerprint density at radius 3 is 1.96 bits per heavy atom. The van der Waals surface area contributed by atoms with Gasteiger partial charge in [-0.05, 0) is 31.9 Å². The fourth-order valence-electron chi connectivity index (χ4n) is 2.53. The van der Waals surface area contributed by atoms with E-state index in [1.807, 2.05) is 60.7 Å². The monoisotopic (exact) mass is 352 g/mol. The maximum atomic E-state index is 12.8. The molecule has 0 fully saturated rings. The average Bonchev–Trinajstić information content (AvgIpc) is 2.67. The molecule has 2 aromatic carbocycles. The molecule has 0 radical (unpaired) electrons. The van der Waals surface area contributed by atoms with E-state index in [1.165, 1.54) is 0 Å². The Kier molecular flexibility index (Phi) is 7.09. The van der Waals surface area contributed by atoms with Gasteiger partial charge >= 0.3 is 5.97 Å². The zero-order valence-electron chi connectivity index (χ0n) is 15.3. The van der Waals surface area contributed by atoms with Gasteiger partial charge in [-0.3, -0.25) is 9.59 Å². The smallest absolute Gasteiger partial charge is 0.314 e. The van der Waals surface area contributed by atoms with E-state index >= 15 is 0 Å². The van der Waals surface area contributed by atoms with Crippen molar-refractivity contribution >= 4 is 17.6 Å². The number of carbonyl (C=O) groups excluding carboxylic acids is 2. The molecule has 0 aliphatic heterocycles. The molecule has 0 heterocycles. The van der Waals surface area contributed by atoms with E-state index in [9.17, 15) is 9.59 Å². The second-order valence-corrected chi connectivity index (χ2v) is 5.96. The van der Waals surface area contributed by atoms with Crippen LogP contribution in [0, 0.1) is 5.92 Å². The minimum atomic E-state index is -0.512. The Morgan fingerprint density at radius 1 is 1.00 bits per heavy atom. The Hall–Kier alpha value is -2.95. The largest absolute Gasteiger partial charge is 0.465 e. The van der Waals surface area contributed by atoms with Crippen molar-refractivity contribution in [2.24, 2.45) is 11.0 Å². The summed E-state index contributed by atoms with van der Waals surface area (Å²) in [6.07, 6.45) is 0. The molecule has 5 heteroatoms. The highest BCUT2D eigenvalue weighted by molar-refractivity contribution is 6.01. The van der Waals surface area contributed by atoms with Crippen molar-refractivity contribution in [3.63, 3.8) is 0 Å². The van der Waals surface area contributed by atoms with Crippen molar-refractivity contribution < 1.29 is 14.3 Å². The van der Waals surface area contributed by atoms with E-state index in [0.29, 0.717) is 12.3 Å². The number of benzene rings is 2. The molecule has 2 aromatic rings. The molecule has 0 unspecified atom stereocenters. The summed E-state index contributed by atoms with van der Waals surface area (Å²) in [6, 6.07) is 19.1. The second kappa shape index (κ2) is 9.51. The van der Waals surface area contributed by atoms with E-state index in [-0.39, 0.29) is 11.9 Å². The number of amides is 1. The summed E-state index contributed by atoms with van der Waals surface area (Å²) in [6.45, 7) is 5.47. The number of hydrogen-bond acceptors (Lipinski definition) is 4. The number of hydrogen-bond donors (Lipinski definition) is 1. The highest BCUT2D eigenvalue weighted by atomic mass is 16.5. The topological polar surface area (TPSA) is 67.8 Å². The molecule has 0 spiro atoms. The maximum absolute atomic E-state index is 12.8. The molecule has 26 heavy (non-hydrogen) atoms. The molecule has 136 valence electrons. The fraction of sp³-hybridized carbons (Fsp3) is 0.286. The average molecular weight is 352 g/mol. The van der Waals surface area contributed by atoms with E-state index in [2.05, 4.69) is 10.5 Å². The highest BCUT2D eigenvalue weighted by Crippen LogP contribution is 2.24. The summed E-state index contributed by atoms with van der Waals surface area (Å²) in [5, 5.41) is 4.12. The molecule has 0 saturated heterocycles. The summed E-state index contributed by atoms with van der Waals surface area (Å²) in [4.78, 5) is 24.6. The van der Waals surface area contributed by atoms with Gasteiger partial charge in [-0.2, -0.15) is 5.10 Å². The van der Waals surface area contributed by atoms with Gasteiger partial charge in [0.15, 0.2) is 0 Å². The molecule has 1 amide bonds. The summed E-state index contributed by atoms with van der Waals surface area (Å²) in [5.74, 6) is -1.60. The summed E-state index contributed by atoms with van der Waals surface area (Å²) >= 11 is 0. The van der Waals surface area contributed by atoms with Gasteiger partial charge in [-0.15, -0.1) is 0 Å². The summed E-state index contributed by atoms with van der Waals surface area (Å²) < 4.78 is 4.99. The zero-order valence-corrected chi connectivity index (χ0v) is 15.3. The van der Waals surface area contributed by atoms with Crippen LogP contribution < -0.4 is 5.43 Å². The van der Waals surface area contributed by atoms with Crippen molar-refractivity contribution in [3.8, 4) is 0 Å². The zero-order chi connectivity index (χ0) is 18.9. The first kappa shape index (κ1) is 19.4. The number of hydrazone groups is 1. The van der Waals surface area contributed by atoms with Gasteiger partial charge in [0.05, 0.1) is 18.4 Å². The lowest BCUT2D eigenvalue weighted by Gasteiger charge is -2.17. The Labute approximate surface area is 154 Å². The number of ether oxygens (including phenoxy) is 1. The molecule has 0 aromatic heterocycles. The molecular formula is C21H24N2O3. The van der Waals surface area contributed by atoms with Crippen LogP contribution in [0.3, 0.4) is 0 Å². The first-order valence-electron chi connectivity index (χ1n) is 8.65. The van der Waals surface area contributed by atoms with Crippen LogP contribution in [0.1, 0.15) is 37.8 Å². The number of rotatable bonds is 7. The molecule has 0 aliphatic carbocycles. The highest BCUT2D eigenvalue weighted by Gasteiger charge is 2.23. The standard InChI is InChI=1S/C21H24N2O3/c1-4-26-21(25)15(2)16(3)22-23-20(24)19(17-11-7-5-8-12-17)18-13-9-6-10-14-18/h5-15,19H,4H2,1-3H3,(H,23,24)/t15-/m0/s1. The van der Waals surface area contributed by atoms with Crippen molar-refractivity contribution in [2.75, 3.05) is 6.61 Å². The van der Waals surface area contributed by atoms with Gasteiger partial charge in [-0.1, -0.05) is 60.7 Å². The van der Waals surface area contributed by atoms with Crippen LogP contribution in [0.15, 0.2) is 65.8 Å². The molecule has 0 saturated carbocycles. The van der Waals surface area contributed by atoms with Crippen molar-refractivity contribution in [3.05, 3.63) is 71.8 Å². The van der Waals surface area contributed by atoms with E-state index in [1.54, 1.807) is 20.8 Å². The van der Waals surface area contributed by atoms with Crippen LogP contribution in [0.4, 0.5) is 0 Å². The lowest BCUT2D eigenvalue weighted by molar-refractivity contribution is -0.145. The lowest BCUT2D eigenvalue weighted by Crippen LogP contribution is -2.29. The molecule has 0 aliphatic rings.